The molecule has 4 nitrogen and oxygen atoms in total. The fourth-order valence-corrected chi connectivity index (χ4v) is 4.69. The highest BCUT2D eigenvalue weighted by molar-refractivity contribution is 5.27. The molecular formula is C17H27N3O. The van der Waals surface area contributed by atoms with E-state index in [2.05, 4.69) is 36.4 Å². The van der Waals surface area contributed by atoms with Gasteiger partial charge in [0.05, 0.1) is 18.9 Å². The van der Waals surface area contributed by atoms with E-state index in [1.165, 1.54) is 24.2 Å². The quantitative estimate of drug-likeness (QED) is 0.857. The SMILES string of the molecule is Cc1cc([C@H]2[C@@H]3C[C@@H](N4CCOCC4)C[C@@H]32)n(C(C)C)n1. The number of hydrogen-bond acceptors (Lipinski definition) is 3. The van der Waals surface area contributed by atoms with Crippen LogP contribution < -0.4 is 0 Å². The Balaban J connectivity index is 1.44. The maximum absolute atomic E-state index is 5.48. The van der Waals surface area contributed by atoms with Gasteiger partial charge in [0.2, 0.25) is 0 Å². The molecule has 2 heterocycles. The number of hydrogen-bond donors (Lipinski definition) is 0. The van der Waals surface area contributed by atoms with Crippen molar-refractivity contribution in [1.29, 1.82) is 0 Å². The van der Waals surface area contributed by atoms with Crippen LogP contribution in [0.3, 0.4) is 0 Å². The van der Waals surface area contributed by atoms with Gasteiger partial charge in [0, 0.05) is 36.8 Å². The summed E-state index contributed by atoms with van der Waals surface area (Å²) in [5.41, 5.74) is 2.67. The third-order valence-electron chi connectivity index (χ3n) is 5.70. The van der Waals surface area contributed by atoms with Crippen molar-refractivity contribution in [3.63, 3.8) is 0 Å². The van der Waals surface area contributed by atoms with Crippen LogP contribution >= 0.6 is 0 Å². The van der Waals surface area contributed by atoms with Crippen LogP contribution in [0, 0.1) is 18.8 Å². The van der Waals surface area contributed by atoms with Gasteiger partial charge in [0.1, 0.15) is 0 Å². The van der Waals surface area contributed by atoms with E-state index < -0.39 is 0 Å². The Morgan fingerprint density at radius 2 is 1.86 bits per heavy atom. The van der Waals surface area contributed by atoms with Gasteiger partial charge >= 0.3 is 0 Å². The summed E-state index contributed by atoms with van der Waals surface area (Å²) in [6.07, 6.45) is 2.77. The first-order chi connectivity index (χ1) is 10.1. The largest absolute Gasteiger partial charge is 0.379 e. The van der Waals surface area contributed by atoms with E-state index in [0.717, 1.165) is 50.1 Å². The minimum Gasteiger partial charge on any atom is -0.379 e. The number of ether oxygens (including phenoxy) is 1. The van der Waals surface area contributed by atoms with Crippen molar-refractivity contribution in [1.82, 2.24) is 14.7 Å². The summed E-state index contributed by atoms with van der Waals surface area (Å²) < 4.78 is 7.75. The van der Waals surface area contributed by atoms with E-state index in [-0.39, 0.29) is 0 Å². The number of fused-ring (bicyclic) bond motifs is 1. The molecule has 21 heavy (non-hydrogen) atoms. The van der Waals surface area contributed by atoms with Gasteiger partial charge in [0.15, 0.2) is 0 Å². The van der Waals surface area contributed by atoms with Gasteiger partial charge in [-0.05, 0) is 51.5 Å². The summed E-state index contributed by atoms with van der Waals surface area (Å²) in [6.45, 7) is 10.7. The van der Waals surface area contributed by atoms with Crippen molar-refractivity contribution in [2.45, 2.75) is 51.6 Å². The van der Waals surface area contributed by atoms with Crippen LogP contribution in [-0.2, 0) is 4.74 Å². The highest BCUT2D eigenvalue weighted by Crippen LogP contribution is 2.64. The summed E-state index contributed by atoms with van der Waals surface area (Å²) in [7, 11) is 0. The lowest BCUT2D eigenvalue weighted by Crippen LogP contribution is -2.43. The van der Waals surface area contributed by atoms with E-state index in [9.17, 15) is 0 Å². The summed E-state index contributed by atoms with van der Waals surface area (Å²) in [4.78, 5) is 2.66. The maximum atomic E-state index is 5.48. The Labute approximate surface area is 127 Å². The fourth-order valence-electron chi connectivity index (χ4n) is 4.69. The second-order valence-electron chi connectivity index (χ2n) is 7.38. The second-order valence-corrected chi connectivity index (χ2v) is 7.38. The molecule has 1 aromatic rings. The van der Waals surface area contributed by atoms with E-state index >= 15 is 0 Å². The minimum atomic E-state index is 0.477. The summed E-state index contributed by atoms with van der Waals surface area (Å²) in [5, 5.41) is 4.70. The third-order valence-corrected chi connectivity index (χ3v) is 5.70. The highest BCUT2D eigenvalue weighted by atomic mass is 16.5. The first kappa shape index (κ1) is 13.8. The van der Waals surface area contributed by atoms with Crippen molar-refractivity contribution in [3.8, 4) is 0 Å². The van der Waals surface area contributed by atoms with E-state index in [0.29, 0.717) is 6.04 Å². The molecule has 1 aliphatic heterocycles. The summed E-state index contributed by atoms with van der Waals surface area (Å²) in [5.74, 6) is 2.60. The fraction of sp³-hybridized carbons (Fsp3) is 0.824. The molecular weight excluding hydrogens is 262 g/mol. The molecule has 2 aliphatic carbocycles. The van der Waals surface area contributed by atoms with Crippen LogP contribution in [0.25, 0.3) is 0 Å². The van der Waals surface area contributed by atoms with E-state index in [4.69, 9.17) is 9.84 Å². The molecule has 0 N–H and O–H groups in total. The van der Waals surface area contributed by atoms with Crippen molar-refractivity contribution < 1.29 is 4.74 Å². The molecule has 0 bridgehead atoms. The van der Waals surface area contributed by atoms with Crippen LogP contribution in [0.15, 0.2) is 6.07 Å². The molecule has 4 rings (SSSR count). The van der Waals surface area contributed by atoms with Crippen molar-refractivity contribution in [2.75, 3.05) is 26.3 Å². The molecule has 4 heteroatoms. The van der Waals surface area contributed by atoms with Crippen LogP contribution in [-0.4, -0.2) is 47.0 Å². The van der Waals surface area contributed by atoms with Crippen LogP contribution in [0.4, 0.5) is 0 Å². The minimum absolute atomic E-state index is 0.477. The Hall–Kier alpha value is -0.870. The topological polar surface area (TPSA) is 30.3 Å². The van der Waals surface area contributed by atoms with Gasteiger partial charge in [-0.2, -0.15) is 5.10 Å². The van der Waals surface area contributed by atoms with Gasteiger partial charge < -0.3 is 4.74 Å². The molecule has 1 saturated heterocycles. The zero-order chi connectivity index (χ0) is 14.6. The number of aryl methyl sites for hydroxylation is 1. The third kappa shape index (κ3) is 2.33. The van der Waals surface area contributed by atoms with Crippen LogP contribution in [0.5, 0.6) is 0 Å². The van der Waals surface area contributed by atoms with Crippen LogP contribution in [0.1, 0.15) is 50.0 Å². The molecule has 3 fully saturated rings. The zero-order valence-electron chi connectivity index (χ0n) is 13.5. The molecule has 0 amide bonds. The van der Waals surface area contributed by atoms with Gasteiger partial charge in [-0.15, -0.1) is 0 Å². The van der Waals surface area contributed by atoms with Crippen molar-refractivity contribution in [3.05, 3.63) is 17.5 Å². The average Bonchev–Trinajstić information content (AvgIpc) is 2.86. The van der Waals surface area contributed by atoms with E-state index in [1.807, 2.05) is 0 Å². The Morgan fingerprint density at radius 1 is 1.19 bits per heavy atom. The van der Waals surface area contributed by atoms with Crippen LogP contribution in [0.2, 0.25) is 0 Å². The molecule has 0 radical (unpaired) electrons. The molecule has 116 valence electrons. The second kappa shape index (κ2) is 5.10. The molecule has 1 aromatic heterocycles. The number of morpholine rings is 1. The normalized spacial score (nSPS) is 36.2. The lowest BCUT2D eigenvalue weighted by Gasteiger charge is -2.33. The van der Waals surface area contributed by atoms with Gasteiger partial charge in [-0.3, -0.25) is 9.58 Å². The Kier molecular flexibility index (Phi) is 3.34. The number of aromatic nitrogens is 2. The molecule has 2 saturated carbocycles. The predicted molar refractivity (Wildman–Crippen MR) is 82.5 cm³/mol. The van der Waals surface area contributed by atoms with Crippen molar-refractivity contribution >= 4 is 0 Å². The lowest BCUT2D eigenvalue weighted by atomic mass is 10.0. The van der Waals surface area contributed by atoms with Gasteiger partial charge in [-0.25, -0.2) is 0 Å². The van der Waals surface area contributed by atoms with Crippen molar-refractivity contribution in [2.24, 2.45) is 11.8 Å². The molecule has 0 spiro atoms. The summed E-state index contributed by atoms with van der Waals surface area (Å²) in [6, 6.07) is 3.62. The Morgan fingerprint density at radius 3 is 2.48 bits per heavy atom. The molecule has 3 aliphatic rings. The van der Waals surface area contributed by atoms with E-state index in [1.54, 1.807) is 0 Å². The highest BCUT2D eigenvalue weighted by Gasteiger charge is 2.58. The average molecular weight is 289 g/mol. The molecule has 0 aromatic carbocycles. The van der Waals surface area contributed by atoms with Gasteiger partial charge in [0.25, 0.3) is 0 Å². The lowest BCUT2D eigenvalue weighted by molar-refractivity contribution is 0.0151. The first-order valence-electron chi connectivity index (χ1n) is 8.53. The predicted octanol–water partition coefficient (Wildman–Crippen LogP) is 2.60. The Bertz CT molecular complexity index is 506. The maximum Gasteiger partial charge on any atom is 0.0596 e. The first-order valence-corrected chi connectivity index (χ1v) is 8.53. The molecule has 0 unspecified atom stereocenters. The summed E-state index contributed by atoms with van der Waals surface area (Å²) >= 11 is 0. The monoisotopic (exact) mass is 289 g/mol. The molecule has 4 atom stereocenters. The van der Waals surface area contributed by atoms with Gasteiger partial charge in [-0.1, -0.05) is 0 Å². The number of rotatable bonds is 3. The smallest absolute Gasteiger partial charge is 0.0596 e. The zero-order valence-corrected chi connectivity index (χ0v) is 13.5. The number of nitrogens with zero attached hydrogens (tertiary/aromatic N) is 3. The standard InChI is InChI=1S/C17H27N3O/c1-11(2)20-16(8-12(3)18-20)17-14-9-13(10-15(14)17)19-4-6-21-7-5-19/h8,11,13-15,17H,4-7,9-10H2,1-3H3/t13-,14-,15+,17+.